The molecule has 2 aromatic rings. The van der Waals surface area contributed by atoms with Gasteiger partial charge in [-0.1, -0.05) is 54.6 Å². The SMILES string of the molecule is C=C(C)CNC(=S)N1CCC[C@@H]1c1cccc2ccccc12. The van der Waals surface area contributed by atoms with Crippen molar-refractivity contribution in [1.29, 1.82) is 0 Å². The Hall–Kier alpha value is -1.87. The Labute approximate surface area is 137 Å². The number of benzene rings is 2. The van der Waals surface area contributed by atoms with Crippen molar-refractivity contribution < 1.29 is 0 Å². The van der Waals surface area contributed by atoms with E-state index in [1.807, 2.05) is 6.92 Å². The van der Waals surface area contributed by atoms with E-state index in [-0.39, 0.29) is 0 Å². The van der Waals surface area contributed by atoms with Crippen LogP contribution in [0.1, 0.15) is 31.4 Å². The minimum absolute atomic E-state index is 0.372. The number of hydrogen-bond donors (Lipinski definition) is 1. The summed E-state index contributed by atoms with van der Waals surface area (Å²) in [5, 5.41) is 6.81. The number of nitrogens with one attached hydrogen (secondary N) is 1. The first-order valence-corrected chi connectivity index (χ1v) is 8.24. The van der Waals surface area contributed by atoms with E-state index < -0.39 is 0 Å². The maximum absolute atomic E-state index is 5.61. The van der Waals surface area contributed by atoms with Crippen LogP contribution in [0.15, 0.2) is 54.6 Å². The van der Waals surface area contributed by atoms with E-state index in [0.717, 1.165) is 30.2 Å². The second kappa shape index (κ2) is 6.49. The Bertz CT molecular complexity index is 702. The molecule has 1 saturated heterocycles. The molecule has 1 aliphatic rings. The number of fused-ring (bicyclic) bond motifs is 1. The number of likely N-dealkylation sites (tertiary alicyclic amines) is 1. The predicted molar refractivity (Wildman–Crippen MR) is 98.0 cm³/mol. The average Bonchev–Trinajstić information content (AvgIpc) is 3.01. The van der Waals surface area contributed by atoms with E-state index in [1.54, 1.807) is 0 Å². The molecule has 0 unspecified atom stereocenters. The molecule has 2 nitrogen and oxygen atoms in total. The molecule has 0 spiro atoms. The summed E-state index contributed by atoms with van der Waals surface area (Å²) in [7, 11) is 0. The highest BCUT2D eigenvalue weighted by molar-refractivity contribution is 7.80. The van der Waals surface area contributed by atoms with Gasteiger partial charge in [0.1, 0.15) is 0 Å². The molecule has 2 aromatic carbocycles. The molecule has 0 bridgehead atoms. The van der Waals surface area contributed by atoms with Crippen LogP contribution in [-0.2, 0) is 0 Å². The van der Waals surface area contributed by atoms with Gasteiger partial charge >= 0.3 is 0 Å². The molecular weight excluding hydrogens is 288 g/mol. The van der Waals surface area contributed by atoms with Crippen LogP contribution in [0.25, 0.3) is 10.8 Å². The van der Waals surface area contributed by atoms with Crippen molar-refractivity contribution in [3.63, 3.8) is 0 Å². The Morgan fingerprint density at radius 3 is 2.86 bits per heavy atom. The number of hydrogen-bond acceptors (Lipinski definition) is 1. The standard InChI is InChI=1S/C19H22N2S/c1-14(2)13-20-19(22)21-12-6-11-18(21)17-10-5-8-15-7-3-4-9-16(15)17/h3-5,7-10,18H,1,6,11-13H2,2H3,(H,20,22)/t18-/m1/s1. The normalized spacial score (nSPS) is 17.7. The van der Waals surface area contributed by atoms with Gasteiger partial charge in [-0.05, 0) is 48.3 Å². The third kappa shape index (κ3) is 3.00. The molecule has 0 aliphatic carbocycles. The van der Waals surface area contributed by atoms with E-state index in [2.05, 4.69) is 59.3 Å². The highest BCUT2D eigenvalue weighted by Gasteiger charge is 2.28. The van der Waals surface area contributed by atoms with E-state index >= 15 is 0 Å². The molecule has 1 atom stereocenters. The first-order chi connectivity index (χ1) is 10.7. The molecule has 1 heterocycles. The zero-order valence-electron chi connectivity index (χ0n) is 13.0. The lowest BCUT2D eigenvalue weighted by atomic mass is 9.97. The van der Waals surface area contributed by atoms with Gasteiger partial charge in [0.05, 0.1) is 6.04 Å². The van der Waals surface area contributed by atoms with Crippen LogP contribution < -0.4 is 5.32 Å². The highest BCUT2D eigenvalue weighted by Crippen LogP contribution is 2.35. The summed E-state index contributed by atoms with van der Waals surface area (Å²) in [6.45, 7) is 7.72. The summed E-state index contributed by atoms with van der Waals surface area (Å²) < 4.78 is 0. The first kappa shape index (κ1) is 15.0. The second-order valence-corrected chi connectivity index (χ2v) is 6.42. The van der Waals surface area contributed by atoms with Gasteiger partial charge < -0.3 is 10.2 Å². The number of nitrogens with zero attached hydrogens (tertiary/aromatic N) is 1. The van der Waals surface area contributed by atoms with Crippen molar-refractivity contribution in [1.82, 2.24) is 10.2 Å². The average molecular weight is 310 g/mol. The van der Waals surface area contributed by atoms with Gasteiger partial charge in [0, 0.05) is 13.1 Å². The van der Waals surface area contributed by atoms with Crippen LogP contribution >= 0.6 is 12.2 Å². The molecule has 0 amide bonds. The minimum Gasteiger partial charge on any atom is -0.359 e. The topological polar surface area (TPSA) is 15.3 Å². The Morgan fingerprint density at radius 1 is 1.27 bits per heavy atom. The molecule has 0 aromatic heterocycles. The van der Waals surface area contributed by atoms with E-state index in [1.165, 1.54) is 22.8 Å². The molecule has 0 radical (unpaired) electrons. The van der Waals surface area contributed by atoms with Crippen LogP contribution in [0.3, 0.4) is 0 Å². The summed E-state index contributed by atoms with van der Waals surface area (Å²) >= 11 is 5.61. The lowest BCUT2D eigenvalue weighted by molar-refractivity contribution is 0.397. The Morgan fingerprint density at radius 2 is 2.05 bits per heavy atom. The maximum Gasteiger partial charge on any atom is 0.169 e. The Kier molecular flexibility index (Phi) is 4.44. The number of rotatable bonds is 3. The smallest absolute Gasteiger partial charge is 0.169 e. The largest absolute Gasteiger partial charge is 0.359 e. The van der Waals surface area contributed by atoms with E-state index in [0.29, 0.717) is 6.04 Å². The molecule has 1 fully saturated rings. The zero-order chi connectivity index (χ0) is 15.5. The zero-order valence-corrected chi connectivity index (χ0v) is 13.8. The van der Waals surface area contributed by atoms with Crippen LogP contribution in [0.5, 0.6) is 0 Å². The molecule has 1 aliphatic heterocycles. The molecule has 22 heavy (non-hydrogen) atoms. The fourth-order valence-electron chi connectivity index (χ4n) is 3.20. The monoisotopic (exact) mass is 310 g/mol. The van der Waals surface area contributed by atoms with Crippen molar-refractivity contribution in [2.24, 2.45) is 0 Å². The van der Waals surface area contributed by atoms with Crippen molar-refractivity contribution in [2.45, 2.75) is 25.8 Å². The predicted octanol–water partition coefficient (Wildman–Crippen LogP) is 4.43. The van der Waals surface area contributed by atoms with Crippen LogP contribution in [-0.4, -0.2) is 23.1 Å². The molecule has 1 N–H and O–H groups in total. The van der Waals surface area contributed by atoms with Crippen LogP contribution in [0.4, 0.5) is 0 Å². The summed E-state index contributed by atoms with van der Waals surface area (Å²) in [4.78, 5) is 2.33. The first-order valence-electron chi connectivity index (χ1n) is 7.83. The lowest BCUT2D eigenvalue weighted by Crippen LogP contribution is -2.39. The molecule has 0 saturated carbocycles. The Balaban J connectivity index is 1.89. The van der Waals surface area contributed by atoms with Crippen molar-refractivity contribution in [3.8, 4) is 0 Å². The lowest BCUT2D eigenvalue weighted by Gasteiger charge is -2.29. The van der Waals surface area contributed by atoms with E-state index in [9.17, 15) is 0 Å². The van der Waals surface area contributed by atoms with Crippen molar-refractivity contribution >= 4 is 28.1 Å². The summed E-state index contributed by atoms with van der Waals surface area (Å²) in [5.74, 6) is 0. The van der Waals surface area contributed by atoms with Gasteiger partial charge in [-0.25, -0.2) is 0 Å². The summed E-state index contributed by atoms with van der Waals surface area (Å²) in [5.41, 5.74) is 2.48. The molecule has 3 heteroatoms. The van der Waals surface area contributed by atoms with E-state index in [4.69, 9.17) is 12.2 Å². The minimum atomic E-state index is 0.372. The van der Waals surface area contributed by atoms with Gasteiger partial charge in [-0.2, -0.15) is 0 Å². The number of thiocarbonyl (C=S) groups is 1. The fourth-order valence-corrected chi connectivity index (χ4v) is 3.49. The van der Waals surface area contributed by atoms with Gasteiger partial charge in [-0.3, -0.25) is 0 Å². The van der Waals surface area contributed by atoms with Crippen LogP contribution in [0, 0.1) is 0 Å². The third-order valence-corrected chi connectivity index (χ3v) is 4.62. The van der Waals surface area contributed by atoms with Gasteiger partial charge in [-0.15, -0.1) is 0 Å². The fraction of sp³-hybridized carbons (Fsp3) is 0.316. The second-order valence-electron chi connectivity index (χ2n) is 6.04. The van der Waals surface area contributed by atoms with Crippen molar-refractivity contribution in [3.05, 3.63) is 60.2 Å². The van der Waals surface area contributed by atoms with Gasteiger partial charge in [0.2, 0.25) is 0 Å². The van der Waals surface area contributed by atoms with Gasteiger partial charge in [0.25, 0.3) is 0 Å². The summed E-state index contributed by atoms with van der Waals surface area (Å²) in [6.07, 6.45) is 2.34. The molecular formula is C19H22N2S. The van der Waals surface area contributed by atoms with Gasteiger partial charge in [0.15, 0.2) is 5.11 Å². The molecule has 3 rings (SSSR count). The third-order valence-electron chi connectivity index (χ3n) is 4.24. The van der Waals surface area contributed by atoms with Crippen LogP contribution in [0.2, 0.25) is 0 Å². The summed E-state index contributed by atoms with van der Waals surface area (Å²) in [6, 6.07) is 15.5. The van der Waals surface area contributed by atoms with Crippen molar-refractivity contribution in [2.75, 3.05) is 13.1 Å². The molecule has 114 valence electrons. The highest BCUT2D eigenvalue weighted by atomic mass is 32.1. The quantitative estimate of drug-likeness (QED) is 0.667. The maximum atomic E-state index is 5.61.